The molecule has 0 atom stereocenters. The van der Waals surface area contributed by atoms with Gasteiger partial charge in [0.05, 0.1) is 36.6 Å². The number of phenols is 2. The molecular formula is C33H24N2O5. The maximum Gasteiger partial charge on any atom is 0.194 e. The number of hydrogen-bond donors (Lipinski definition) is 2. The predicted molar refractivity (Wildman–Crippen MR) is 154 cm³/mol. The van der Waals surface area contributed by atoms with Crippen molar-refractivity contribution in [1.29, 1.82) is 0 Å². The van der Waals surface area contributed by atoms with Gasteiger partial charge in [-0.3, -0.25) is 4.79 Å². The Morgan fingerprint density at radius 3 is 1.45 bits per heavy atom. The van der Waals surface area contributed by atoms with Gasteiger partial charge in [-0.25, -0.2) is 9.97 Å². The van der Waals surface area contributed by atoms with Gasteiger partial charge in [-0.2, -0.15) is 0 Å². The molecule has 0 amide bonds. The van der Waals surface area contributed by atoms with Crippen molar-refractivity contribution in [2.75, 3.05) is 14.2 Å². The van der Waals surface area contributed by atoms with Gasteiger partial charge < -0.3 is 19.7 Å². The van der Waals surface area contributed by atoms with Crippen molar-refractivity contribution >= 4 is 27.6 Å². The lowest BCUT2D eigenvalue weighted by Gasteiger charge is -2.13. The minimum Gasteiger partial charge on any atom is -0.504 e. The lowest BCUT2D eigenvalue weighted by Crippen LogP contribution is -2.06. The molecule has 0 aliphatic heterocycles. The highest BCUT2D eigenvalue weighted by molar-refractivity contribution is 6.21. The molecule has 40 heavy (non-hydrogen) atoms. The fourth-order valence-corrected chi connectivity index (χ4v) is 4.84. The molecule has 0 aliphatic carbocycles. The highest BCUT2D eigenvalue weighted by atomic mass is 16.5. The van der Waals surface area contributed by atoms with E-state index in [0.717, 1.165) is 10.8 Å². The number of para-hydroxylation sites is 2. The van der Waals surface area contributed by atoms with Crippen molar-refractivity contribution in [3.05, 3.63) is 108 Å². The molecule has 4 aromatic carbocycles. The van der Waals surface area contributed by atoms with Crippen LogP contribution in [0.5, 0.6) is 23.0 Å². The molecule has 2 aromatic heterocycles. The van der Waals surface area contributed by atoms with Gasteiger partial charge in [-0.05, 0) is 60.7 Å². The molecule has 6 aromatic rings. The van der Waals surface area contributed by atoms with Crippen LogP contribution in [-0.2, 0) is 0 Å². The number of ether oxygens (including phenoxy) is 2. The monoisotopic (exact) mass is 528 g/mol. The Morgan fingerprint density at radius 2 is 1.02 bits per heavy atom. The van der Waals surface area contributed by atoms with Gasteiger partial charge in [0.1, 0.15) is 0 Å². The SMILES string of the molecule is COc1cc(-c2cc(C(=O)c3cc(-c4ccc(O)c(OC)c4)nc4ccccc34)c3ccccc3n2)ccc1O. The Hall–Kier alpha value is -5.43. The van der Waals surface area contributed by atoms with E-state index in [1.807, 2.05) is 48.5 Å². The van der Waals surface area contributed by atoms with Gasteiger partial charge >= 0.3 is 0 Å². The first-order valence-corrected chi connectivity index (χ1v) is 12.6. The Labute approximate surface area is 229 Å². The number of ketones is 1. The second-order valence-corrected chi connectivity index (χ2v) is 9.25. The first-order valence-electron chi connectivity index (χ1n) is 12.6. The summed E-state index contributed by atoms with van der Waals surface area (Å²) in [6.07, 6.45) is 0. The standard InChI is InChI=1S/C33H24N2O5/c1-39-31-15-19(11-13-29(31)36)27-17-23(21-7-3-5-9-25(21)34-27)33(38)24-18-28(35-26-10-6-4-8-22(24)26)20-12-14-30(37)32(16-20)40-2/h3-18,36-37H,1-2H3. The number of rotatable bonds is 6. The third kappa shape index (κ3) is 4.33. The molecule has 6 rings (SSSR count). The predicted octanol–water partition coefficient (Wildman–Crippen LogP) is 6.78. The molecule has 0 fully saturated rings. The normalized spacial score (nSPS) is 11.1. The average molecular weight is 529 g/mol. The fraction of sp³-hybridized carbons (Fsp3) is 0.0606. The molecule has 0 spiro atoms. The molecule has 0 saturated heterocycles. The van der Waals surface area contributed by atoms with Crippen molar-refractivity contribution in [2.24, 2.45) is 0 Å². The summed E-state index contributed by atoms with van der Waals surface area (Å²) in [4.78, 5) is 24.0. The first-order chi connectivity index (χ1) is 19.5. The van der Waals surface area contributed by atoms with Crippen molar-refractivity contribution in [1.82, 2.24) is 9.97 Å². The van der Waals surface area contributed by atoms with E-state index in [1.54, 1.807) is 48.5 Å². The van der Waals surface area contributed by atoms with Crippen LogP contribution in [0.25, 0.3) is 44.3 Å². The highest BCUT2D eigenvalue weighted by Gasteiger charge is 2.20. The number of nitrogens with zero attached hydrogens (tertiary/aromatic N) is 2. The molecule has 0 radical (unpaired) electrons. The molecule has 7 nitrogen and oxygen atoms in total. The van der Waals surface area contributed by atoms with E-state index in [2.05, 4.69) is 0 Å². The zero-order valence-corrected chi connectivity index (χ0v) is 21.8. The molecular weight excluding hydrogens is 504 g/mol. The number of methoxy groups -OCH3 is 2. The molecule has 0 saturated carbocycles. The van der Waals surface area contributed by atoms with Crippen molar-refractivity contribution < 1.29 is 24.5 Å². The Kier molecular flexibility index (Phi) is 6.24. The summed E-state index contributed by atoms with van der Waals surface area (Å²) < 4.78 is 10.6. The quantitative estimate of drug-likeness (QED) is 0.230. The van der Waals surface area contributed by atoms with Crippen LogP contribution in [-0.4, -0.2) is 40.2 Å². The molecule has 2 heterocycles. The number of carbonyl (C=O) groups excluding carboxylic acids is 1. The fourth-order valence-electron chi connectivity index (χ4n) is 4.84. The van der Waals surface area contributed by atoms with E-state index in [-0.39, 0.29) is 17.3 Å². The summed E-state index contributed by atoms with van der Waals surface area (Å²) in [5.74, 6) is 0.481. The third-order valence-corrected chi connectivity index (χ3v) is 6.87. The van der Waals surface area contributed by atoms with Crippen molar-refractivity contribution in [3.63, 3.8) is 0 Å². The Balaban J connectivity index is 1.57. The smallest absolute Gasteiger partial charge is 0.194 e. The van der Waals surface area contributed by atoms with E-state index < -0.39 is 0 Å². The molecule has 7 heteroatoms. The van der Waals surface area contributed by atoms with Crippen LogP contribution in [0.1, 0.15) is 15.9 Å². The molecule has 0 unspecified atom stereocenters. The van der Waals surface area contributed by atoms with Gasteiger partial charge in [0.15, 0.2) is 28.8 Å². The van der Waals surface area contributed by atoms with Crippen LogP contribution in [0.2, 0.25) is 0 Å². The maximum absolute atomic E-state index is 14.4. The zero-order valence-electron chi connectivity index (χ0n) is 21.8. The van der Waals surface area contributed by atoms with E-state index in [0.29, 0.717) is 56.2 Å². The third-order valence-electron chi connectivity index (χ3n) is 6.87. The number of carbonyl (C=O) groups is 1. The zero-order chi connectivity index (χ0) is 27.8. The Morgan fingerprint density at radius 1 is 0.600 bits per heavy atom. The van der Waals surface area contributed by atoms with Gasteiger partial charge in [0.2, 0.25) is 0 Å². The van der Waals surface area contributed by atoms with Crippen LogP contribution >= 0.6 is 0 Å². The number of phenolic OH excluding ortho intramolecular Hbond substituents is 2. The van der Waals surface area contributed by atoms with Gasteiger partial charge in [0.25, 0.3) is 0 Å². The average Bonchev–Trinajstić information content (AvgIpc) is 3.00. The van der Waals surface area contributed by atoms with Crippen LogP contribution in [0.4, 0.5) is 0 Å². The summed E-state index contributed by atoms with van der Waals surface area (Å²) in [5, 5.41) is 21.6. The maximum atomic E-state index is 14.4. The second kappa shape index (κ2) is 10.0. The number of benzene rings is 4. The molecule has 2 N–H and O–H groups in total. The van der Waals surface area contributed by atoms with Crippen molar-refractivity contribution in [2.45, 2.75) is 0 Å². The van der Waals surface area contributed by atoms with Crippen LogP contribution in [0, 0.1) is 0 Å². The minimum absolute atomic E-state index is 0.0185. The van der Waals surface area contributed by atoms with Crippen LogP contribution in [0.15, 0.2) is 97.1 Å². The molecule has 0 aliphatic rings. The highest BCUT2D eigenvalue weighted by Crippen LogP contribution is 2.35. The summed E-state index contributed by atoms with van der Waals surface area (Å²) in [6, 6.07) is 28.5. The van der Waals surface area contributed by atoms with Crippen molar-refractivity contribution in [3.8, 4) is 45.5 Å². The Bertz CT molecular complexity index is 1790. The van der Waals surface area contributed by atoms with Gasteiger partial charge in [-0.1, -0.05) is 36.4 Å². The van der Waals surface area contributed by atoms with Gasteiger partial charge in [-0.15, -0.1) is 0 Å². The number of fused-ring (bicyclic) bond motifs is 2. The number of aromatic hydroxyl groups is 2. The topological polar surface area (TPSA) is 102 Å². The second-order valence-electron chi connectivity index (χ2n) is 9.25. The van der Waals surface area contributed by atoms with Crippen LogP contribution in [0.3, 0.4) is 0 Å². The van der Waals surface area contributed by atoms with E-state index in [1.165, 1.54) is 14.2 Å². The summed E-state index contributed by atoms with van der Waals surface area (Å²) in [5.41, 5.74) is 4.84. The number of pyridine rings is 2. The number of aromatic nitrogens is 2. The van der Waals surface area contributed by atoms with E-state index in [9.17, 15) is 15.0 Å². The largest absolute Gasteiger partial charge is 0.504 e. The first kappa shape index (κ1) is 24.9. The molecule has 0 bridgehead atoms. The minimum atomic E-state index is -0.184. The van der Waals surface area contributed by atoms with E-state index in [4.69, 9.17) is 19.4 Å². The lowest BCUT2D eigenvalue weighted by atomic mass is 9.94. The summed E-state index contributed by atoms with van der Waals surface area (Å²) in [6.45, 7) is 0. The summed E-state index contributed by atoms with van der Waals surface area (Å²) >= 11 is 0. The van der Waals surface area contributed by atoms with E-state index >= 15 is 0 Å². The number of hydrogen-bond acceptors (Lipinski definition) is 7. The van der Waals surface area contributed by atoms with Gasteiger partial charge in [0, 0.05) is 33.0 Å². The lowest BCUT2D eigenvalue weighted by molar-refractivity contribution is 0.104. The van der Waals surface area contributed by atoms with Crippen LogP contribution < -0.4 is 9.47 Å². The summed E-state index contributed by atoms with van der Waals surface area (Å²) in [7, 11) is 2.97. The molecule has 196 valence electrons.